The molecule has 1 aromatic carbocycles. The molecule has 0 saturated heterocycles. The van der Waals surface area contributed by atoms with Gasteiger partial charge in [-0.05, 0) is 24.1 Å². The van der Waals surface area contributed by atoms with Gasteiger partial charge in [-0.1, -0.05) is 12.2 Å². The molecule has 2 aromatic heterocycles. The van der Waals surface area contributed by atoms with Gasteiger partial charge in [0.05, 0.1) is 18.6 Å². The summed E-state index contributed by atoms with van der Waals surface area (Å²) in [7, 11) is 1.43. The number of allylic oxidation sites excluding steroid dienone is 2. The van der Waals surface area contributed by atoms with E-state index in [9.17, 15) is 24.3 Å². The maximum absolute atomic E-state index is 13.4. The molecule has 0 radical (unpaired) electrons. The Balaban J connectivity index is 0.00000324. The van der Waals surface area contributed by atoms with Gasteiger partial charge in [-0.2, -0.15) is 0 Å². The van der Waals surface area contributed by atoms with E-state index < -0.39 is 34.3 Å². The highest BCUT2D eigenvalue weighted by molar-refractivity contribution is 5.58. The van der Waals surface area contributed by atoms with Crippen LogP contribution in [0.2, 0.25) is 0 Å². The van der Waals surface area contributed by atoms with Crippen molar-refractivity contribution in [3.05, 3.63) is 102 Å². The Morgan fingerprint density at radius 2 is 1.71 bits per heavy atom. The Morgan fingerprint density at radius 1 is 1.06 bits per heavy atom. The van der Waals surface area contributed by atoms with Crippen molar-refractivity contribution in [2.24, 2.45) is 0 Å². The van der Waals surface area contributed by atoms with Crippen LogP contribution < -0.4 is 43.2 Å². The first kappa shape index (κ1) is 24.1. The Bertz CT molecular complexity index is 1520. The zero-order valence-electron chi connectivity index (χ0n) is 18.5. The molecule has 178 valence electrons. The Morgan fingerprint density at radius 3 is 2.35 bits per heavy atom. The lowest BCUT2D eigenvalue weighted by molar-refractivity contribution is -0.281. The molecule has 12 heteroatoms. The Hall–Kier alpha value is -4.58. The molecule has 1 unspecified atom stereocenters. The number of aromatic amines is 2. The highest BCUT2D eigenvalue weighted by Gasteiger charge is 2.36. The largest absolute Gasteiger partial charge is 0.860 e. The summed E-state index contributed by atoms with van der Waals surface area (Å²) in [5.41, 5.74) is -3.62. The molecule has 34 heavy (non-hydrogen) atoms. The molecule has 1 aliphatic heterocycles. The fourth-order valence-corrected chi connectivity index (χ4v) is 3.85. The third-order valence-corrected chi connectivity index (χ3v) is 5.31. The predicted molar refractivity (Wildman–Crippen MR) is 122 cm³/mol. The molecule has 0 fully saturated rings. The van der Waals surface area contributed by atoms with Gasteiger partial charge in [0.25, 0.3) is 11.1 Å². The van der Waals surface area contributed by atoms with Crippen LogP contribution in [0.4, 0.5) is 0 Å². The van der Waals surface area contributed by atoms with Crippen LogP contribution in [-0.4, -0.2) is 26.2 Å². The summed E-state index contributed by atoms with van der Waals surface area (Å²) < 4.78 is 12.7. The molecule has 0 amide bonds. The first-order valence-electron chi connectivity index (χ1n) is 9.81. The zero-order valence-corrected chi connectivity index (χ0v) is 18.5. The van der Waals surface area contributed by atoms with Crippen LogP contribution in [0.3, 0.4) is 0 Å². The van der Waals surface area contributed by atoms with Gasteiger partial charge in [0.1, 0.15) is 11.5 Å². The first-order valence-corrected chi connectivity index (χ1v) is 9.81. The maximum atomic E-state index is 13.4. The fraction of sp³-hybridized carbons (Fsp3) is 0.182. The summed E-state index contributed by atoms with van der Waals surface area (Å²) in [6.45, 7) is 6.79. The van der Waals surface area contributed by atoms with E-state index in [2.05, 4.69) is 23.1 Å². The van der Waals surface area contributed by atoms with E-state index in [1.165, 1.54) is 31.4 Å². The van der Waals surface area contributed by atoms with Crippen molar-refractivity contribution in [3.8, 4) is 23.3 Å². The zero-order chi connectivity index (χ0) is 23.9. The van der Waals surface area contributed by atoms with E-state index in [0.717, 1.165) is 9.13 Å². The summed E-state index contributed by atoms with van der Waals surface area (Å²) in [6.07, 6.45) is 2.68. The van der Waals surface area contributed by atoms with Gasteiger partial charge in [0, 0.05) is 24.2 Å². The van der Waals surface area contributed by atoms with Crippen LogP contribution in [0.1, 0.15) is 22.6 Å². The number of ether oxygens (including phenoxy) is 2. The number of nitrogens with one attached hydrogen (secondary N) is 2. The second kappa shape index (κ2) is 9.11. The summed E-state index contributed by atoms with van der Waals surface area (Å²) in [6, 6.07) is 4.63. The van der Waals surface area contributed by atoms with E-state index in [-0.39, 0.29) is 47.6 Å². The lowest BCUT2D eigenvalue weighted by Gasteiger charge is -2.30. The SMILES string of the molecule is C=CCn1c([O-])c(C2c3cc(OC)ccc3Oc3[nH]c(=O)n(CC=C)c(=O)c32)c(=O)[nH]c1=O.[NH4+]. The molecule has 3 heterocycles. The van der Waals surface area contributed by atoms with Crippen molar-refractivity contribution in [3.63, 3.8) is 0 Å². The molecule has 1 atom stereocenters. The monoisotopic (exact) mass is 469 g/mol. The first-order chi connectivity index (χ1) is 15.8. The van der Waals surface area contributed by atoms with E-state index in [1.807, 2.05) is 0 Å². The summed E-state index contributed by atoms with van der Waals surface area (Å²) in [4.78, 5) is 55.6. The molecular weight excluding hydrogens is 446 g/mol. The van der Waals surface area contributed by atoms with Crippen molar-refractivity contribution < 1.29 is 14.6 Å². The van der Waals surface area contributed by atoms with Crippen LogP contribution >= 0.6 is 0 Å². The van der Waals surface area contributed by atoms with Crippen LogP contribution in [0.15, 0.2) is 62.7 Å². The highest BCUT2D eigenvalue weighted by Crippen LogP contribution is 2.46. The van der Waals surface area contributed by atoms with Crippen molar-refractivity contribution in [2.75, 3.05) is 7.11 Å². The summed E-state index contributed by atoms with van der Waals surface area (Å²) >= 11 is 0. The number of nitrogens with zero attached hydrogens (tertiary/aromatic N) is 2. The predicted octanol–water partition coefficient (Wildman–Crippen LogP) is 0.503. The van der Waals surface area contributed by atoms with Gasteiger partial charge in [0.15, 0.2) is 0 Å². The molecule has 6 N–H and O–H groups in total. The van der Waals surface area contributed by atoms with Crippen LogP contribution in [0, 0.1) is 0 Å². The van der Waals surface area contributed by atoms with Gasteiger partial charge in [-0.25, -0.2) is 9.59 Å². The van der Waals surface area contributed by atoms with Gasteiger partial charge >= 0.3 is 11.4 Å². The highest BCUT2D eigenvalue weighted by atomic mass is 16.5. The molecule has 0 aliphatic carbocycles. The van der Waals surface area contributed by atoms with Crippen LogP contribution in [-0.2, 0) is 13.1 Å². The third-order valence-electron chi connectivity index (χ3n) is 5.31. The molecule has 0 saturated carbocycles. The Labute approximate surface area is 191 Å². The van der Waals surface area contributed by atoms with Gasteiger partial charge in [-0.3, -0.25) is 24.1 Å². The number of fused-ring (bicyclic) bond motifs is 2. The quantitative estimate of drug-likeness (QED) is 0.343. The number of H-pyrrole nitrogens is 2. The average Bonchev–Trinajstić information content (AvgIpc) is 2.78. The molecule has 1 aliphatic rings. The average molecular weight is 469 g/mol. The molecule has 0 bridgehead atoms. The van der Waals surface area contributed by atoms with Crippen LogP contribution in [0.25, 0.3) is 0 Å². The lowest BCUT2D eigenvalue weighted by atomic mass is 9.84. The van der Waals surface area contributed by atoms with Crippen LogP contribution in [0.5, 0.6) is 23.3 Å². The fourth-order valence-electron chi connectivity index (χ4n) is 3.85. The minimum atomic E-state index is -1.26. The van der Waals surface area contributed by atoms with Gasteiger partial charge in [0.2, 0.25) is 5.88 Å². The number of hydrogen-bond acceptors (Lipinski definition) is 7. The topological polar surface area (TPSA) is 188 Å². The van der Waals surface area contributed by atoms with E-state index >= 15 is 0 Å². The number of aromatic nitrogens is 4. The minimum Gasteiger partial charge on any atom is -0.860 e. The smallest absolute Gasteiger partial charge is 0.331 e. The molecule has 12 nitrogen and oxygen atoms in total. The van der Waals surface area contributed by atoms with Gasteiger partial charge in [-0.15, -0.1) is 13.2 Å². The second-order valence-electron chi connectivity index (χ2n) is 7.19. The number of methoxy groups -OCH3 is 1. The van der Waals surface area contributed by atoms with Crippen molar-refractivity contribution in [1.29, 1.82) is 0 Å². The molecule has 4 rings (SSSR count). The molecule has 3 aromatic rings. The van der Waals surface area contributed by atoms with E-state index in [4.69, 9.17) is 9.47 Å². The molecular formula is C22H23N5O7. The molecule has 0 spiro atoms. The van der Waals surface area contributed by atoms with Gasteiger partial charge < -0.3 is 25.3 Å². The number of hydrogen-bond donors (Lipinski definition) is 3. The number of benzene rings is 1. The number of rotatable bonds is 6. The Kier molecular flexibility index (Phi) is 6.45. The second-order valence-corrected chi connectivity index (χ2v) is 7.19. The van der Waals surface area contributed by atoms with E-state index in [1.54, 1.807) is 6.07 Å². The lowest BCUT2D eigenvalue weighted by Crippen LogP contribution is -2.41. The van der Waals surface area contributed by atoms with Crippen molar-refractivity contribution >= 4 is 0 Å². The standard InChI is InChI=1S/C22H20N4O7.H3N/c1-4-8-25-19(28)15(17(27)23-21(25)30)14-12-10-11(32-3)6-7-13(12)33-18-16(14)20(29)26(9-5-2)22(31)24-18;/h4-7,10,14,28H,1-2,8-9H2,3H3,(H,24,31)(H,23,27,30);1H3. The maximum Gasteiger partial charge on any atom is 0.331 e. The van der Waals surface area contributed by atoms with Crippen molar-refractivity contribution in [2.45, 2.75) is 19.0 Å². The minimum absolute atomic E-state index is 0. The van der Waals surface area contributed by atoms with E-state index in [0.29, 0.717) is 5.75 Å². The third kappa shape index (κ3) is 3.65. The number of quaternary nitrogens is 1. The normalized spacial score (nSPS) is 13.6. The summed E-state index contributed by atoms with van der Waals surface area (Å²) in [5.74, 6) is -1.77. The summed E-state index contributed by atoms with van der Waals surface area (Å²) in [5, 5.41) is 13.3. The van der Waals surface area contributed by atoms with Crippen molar-refractivity contribution in [1.82, 2.24) is 25.3 Å².